The first kappa shape index (κ1) is 22.7. The fourth-order valence-electron chi connectivity index (χ4n) is 4.93. The van der Waals surface area contributed by atoms with E-state index in [1.807, 2.05) is 50.2 Å². The predicted octanol–water partition coefficient (Wildman–Crippen LogP) is 6.60. The average molecular weight is 440 g/mol. The van der Waals surface area contributed by atoms with Gasteiger partial charge in [-0.15, -0.1) is 0 Å². The molecule has 168 valence electrons. The molecule has 0 spiro atoms. The van der Waals surface area contributed by atoms with Crippen LogP contribution >= 0.6 is 0 Å². The van der Waals surface area contributed by atoms with Gasteiger partial charge in [-0.3, -0.25) is 4.79 Å². The lowest BCUT2D eigenvalue weighted by Gasteiger charge is -2.27. The molecule has 4 heteroatoms. The van der Waals surface area contributed by atoms with Crippen molar-refractivity contribution in [2.75, 3.05) is 0 Å². The summed E-state index contributed by atoms with van der Waals surface area (Å²) in [4.78, 5) is 29.3. The van der Waals surface area contributed by atoms with Crippen LogP contribution in [0.5, 0.6) is 0 Å². The van der Waals surface area contributed by atoms with E-state index in [0.717, 1.165) is 40.7 Å². The number of carbonyl (C=O) groups excluding carboxylic acids is 2. The molecule has 0 N–H and O–H groups in total. The van der Waals surface area contributed by atoms with Crippen molar-refractivity contribution in [1.29, 1.82) is 0 Å². The van der Waals surface area contributed by atoms with Gasteiger partial charge in [0, 0.05) is 23.5 Å². The molecular weight excluding hydrogens is 410 g/mol. The van der Waals surface area contributed by atoms with Gasteiger partial charge >= 0.3 is 5.97 Å². The molecule has 0 bridgehead atoms. The van der Waals surface area contributed by atoms with Crippen molar-refractivity contribution in [3.8, 4) is 11.1 Å². The number of benzene rings is 3. The minimum absolute atomic E-state index is 0.0516. The van der Waals surface area contributed by atoms with Crippen LogP contribution in [0.3, 0.4) is 0 Å². The van der Waals surface area contributed by atoms with Crippen molar-refractivity contribution < 1.29 is 14.4 Å². The Morgan fingerprint density at radius 1 is 0.909 bits per heavy atom. The summed E-state index contributed by atoms with van der Waals surface area (Å²) in [5.41, 5.74) is 8.53. The van der Waals surface area contributed by atoms with Gasteiger partial charge in [0.2, 0.25) is 0 Å². The highest BCUT2D eigenvalue weighted by Gasteiger charge is 2.39. The molecule has 33 heavy (non-hydrogen) atoms. The zero-order valence-electron chi connectivity index (χ0n) is 19.9. The van der Waals surface area contributed by atoms with E-state index in [4.69, 9.17) is 4.84 Å². The van der Waals surface area contributed by atoms with Crippen molar-refractivity contribution in [3.63, 3.8) is 0 Å². The Morgan fingerprint density at radius 3 is 2.33 bits per heavy atom. The van der Waals surface area contributed by atoms with Crippen LogP contribution in [0.15, 0.2) is 65.8 Å². The van der Waals surface area contributed by atoms with Gasteiger partial charge in [0.25, 0.3) is 0 Å². The molecule has 4 nitrogen and oxygen atoms in total. The van der Waals surface area contributed by atoms with Gasteiger partial charge in [-0.2, -0.15) is 0 Å². The Balaban J connectivity index is 1.82. The molecule has 0 saturated heterocycles. The summed E-state index contributed by atoms with van der Waals surface area (Å²) in [5, 5.41) is 3.95. The van der Waals surface area contributed by atoms with Gasteiger partial charge in [0.1, 0.15) is 0 Å². The Hall–Kier alpha value is -3.53. The molecule has 1 unspecified atom stereocenters. The topological polar surface area (TPSA) is 55.7 Å². The Morgan fingerprint density at radius 2 is 1.64 bits per heavy atom. The fraction of sp³-hybridized carbons (Fsp3) is 0.276. The van der Waals surface area contributed by atoms with Gasteiger partial charge in [-0.05, 0) is 65.8 Å². The van der Waals surface area contributed by atoms with Crippen molar-refractivity contribution in [2.24, 2.45) is 5.16 Å². The Bertz CT molecular complexity index is 1290. The number of hydrogen-bond acceptors (Lipinski definition) is 4. The van der Waals surface area contributed by atoms with Crippen LogP contribution in [0.2, 0.25) is 0 Å². The maximum absolute atomic E-state index is 13.3. The minimum Gasteiger partial charge on any atom is -0.318 e. The van der Waals surface area contributed by atoms with E-state index in [1.54, 1.807) is 0 Å². The smallest absolute Gasteiger partial charge is 0.318 e. The SMILES string of the molecule is CCCC1(C)c2ccc(/C(C)=N\OC(C)=O)cc2-c2ccc(C(=O)c3ccccc3C)cc21. The zero-order valence-corrected chi connectivity index (χ0v) is 19.9. The molecular formula is C29H29NO3. The number of nitrogens with zero attached hydrogens (tertiary/aromatic N) is 1. The van der Waals surface area contributed by atoms with Crippen LogP contribution in [0.1, 0.15) is 78.7 Å². The summed E-state index contributed by atoms with van der Waals surface area (Å²) in [7, 11) is 0. The first-order chi connectivity index (χ1) is 15.8. The van der Waals surface area contributed by atoms with Crippen molar-refractivity contribution in [3.05, 3.63) is 94.0 Å². The third kappa shape index (κ3) is 4.02. The number of aryl methyl sites for hydroxylation is 1. The summed E-state index contributed by atoms with van der Waals surface area (Å²) in [6, 6.07) is 20.1. The lowest BCUT2D eigenvalue weighted by Crippen LogP contribution is -2.21. The van der Waals surface area contributed by atoms with Crippen LogP contribution in [0, 0.1) is 6.92 Å². The van der Waals surface area contributed by atoms with Gasteiger partial charge in [-0.25, -0.2) is 4.79 Å². The molecule has 4 rings (SSSR count). The summed E-state index contributed by atoms with van der Waals surface area (Å²) < 4.78 is 0. The largest absolute Gasteiger partial charge is 0.331 e. The fourth-order valence-corrected chi connectivity index (χ4v) is 4.93. The number of fused-ring (bicyclic) bond motifs is 3. The van der Waals surface area contributed by atoms with Crippen LogP contribution in [-0.4, -0.2) is 17.5 Å². The first-order valence-electron chi connectivity index (χ1n) is 11.4. The molecule has 3 aromatic rings. The molecule has 1 aliphatic carbocycles. The van der Waals surface area contributed by atoms with Gasteiger partial charge in [0.05, 0.1) is 5.71 Å². The van der Waals surface area contributed by atoms with Gasteiger partial charge < -0.3 is 4.84 Å². The first-order valence-corrected chi connectivity index (χ1v) is 11.4. The number of hydrogen-bond donors (Lipinski definition) is 0. The quantitative estimate of drug-likeness (QED) is 0.188. The second kappa shape index (κ2) is 8.78. The molecule has 0 aliphatic heterocycles. The molecule has 1 aliphatic rings. The number of carbonyl (C=O) groups is 2. The monoisotopic (exact) mass is 439 g/mol. The molecule has 0 amide bonds. The van der Waals surface area contributed by atoms with Gasteiger partial charge in [-0.1, -0.05) is 74.0 Å². The van der Waals surface area contributed by atoms with Gasteiger partial charge in [0.15, 0.2) is 5.78 Å². The second-order valence-electron chi connectivity index (χ2n) is 9.01. The summed E-state index contributed by atoms with van der Waals surface area (Å²) in [5.74, 6) is -0.391. The van der Waals surface area contributed by atoms with Crippen LogP contribution in [-0.2, 0) is 15.0 Å². The Kier molecular flexibility index (Phi) is 6.03. The average Bonchev–Trinajstić information content (AvgIpc) is 3.05. The maximum Gasteiger partial charge on any atom is 0.331 e. The molecule has 1 atom stereocenters. The van der Waals surface area contributed by atoms with E-state index < -0.39 is 5.97 Å². The van der Waals surface area contributed by atoms with Crippen molar-refractivity contribution >= 4 is 17.5 Å². The normalized spacial score (nSPS) is 16.8. The lowest BCUT2D eigenvalue weighted by atomic mass is 9.76. The van der Waals surface area contributed by atoms with Crippen LogP contribution in [0.4, 0.5) is 0 Å². The third-order valence-electron chi connectivity index (χ3n) is 6.65. The Labute approximate surface area is 195 Å². The van der Waals surface area contributed by atoms with Crippen molar-refractivity contribution in [2.45, 2.75) is 52.9 Å². The summed E-state index contributed by atoms with van der Waals surface area (Å²) in [6.45, 7) is 9.59. The molecule has 0 fully saturated rings. The van der Waals surface area contributed by atoms with E-state index in [2.05, 4.69) is 43.3 Å². The van der Waals surface area contributed by atoms with E-state index in [0.29, 0.717) is 11.3 Å². The molecule has 0 aromatic heterocycles. The number of oxime groups is 1. The van der Waals surface area contributed by atoms with Crippen LogP contribution < -0.4 is 0 Å². The van der Waals surface area contributed by atoms with E-state index in [9.17, 15) is 9.59 Å². The van der Waals surface area contributed by atoms with E-state index in [-0.39, 0.29) is 11.2 Å². The number of rotatable bonds is 6. The van der Waals surface area contributed by atoms with Crippen molar-refractivity contribution in [1.82, 2.24) is 0 Å². The van der Waals surface area contributed by atoms with E-state index >= 15 is 0 Å². The van der Waals surface area contributed by atoms with Crippen LogP contribution in [0.25, 0.3) is 11.1 Å². The minimum atomic E-state index is -0.442. The highest BCUT2D eigenvalue weighted by molar-refractivity contribution is 6.10. The summed E-state index contributed by atoms with van der Waals surface area (Å²) >= 11 is 0. The molecule has 3 aromatic carbocycles. The standard InChI is InChI=1S/C29H29NO3/c1-6-15-29(5)26-14-12-21(19(3)30-33-20(4)31)16-25(26)24-13-11-22(17-27(24)29)28(32)23-10-8-7-9-18(23)2/h7-14,16-17H,6,15H2,1-5H3/b30-19-. The van der Waals surface area contributed by atoms with E-state index in [1.165, 1.54) is 18.1 Å². The number of ketones is 1. The molecule has 0 radical (unpaired) electrons. The molecule has 0 heterocycles. The lowest BCUT2D eigenvalue weighted by molar-refractivity contribution is -0.140. The maximum atomic E-state index is 13.3. The molecule has 0 saturated carbocycles. The summed E-state index contributed by atoms with van der Waals surface area (Å²) in [6.07, 6.45) is 2.01. The second-order valence-corrected chi connectivity index (χ2v) is 9.01. The highest BCUT2D eigenvalue weighted by atomic mass is 16.7. The highest BCUT2D eigenvalue weighted by Crippen LogP contribution is 2.51. The predicted molar refractivity (Wildman–Crippen MR) is 132 cm³/mol. The zero-order chi connectivity index (χ0) is 23.8. The third-order valence-corrected chi connectivity index (χ3v) is 6.65.